The highest BCUT2D eigenvalue weighted by atomic mass is 35.5. The fraction of sp³-hybridized carbons (Fsp3) is 0.516. The van der Waals surface area contributed by atoms with Crippen molar-refractivity contribution in [3.63, 3.8) is 0 Å². The number of alkyl halides is 3. The maximum Gasteiger partial charge on any atom is 0.411 e. The van der Waals surface area contributed by atoms with Crippen molar-refractivity contribution in [3.05, 3.63) is 52.7 Å². The van der Waals surface area contributed by atoms with Gasteiger partial charge in [-0.2, -0.15) is 23.1 Å². The van der Waals surface area contributed by atoms with Crippen LogP contribution in [0.3, 0.4) is 0 Å². The zero-order valence-corrected chi connectivity index (χ0v) is 25.5. The third kappa shape index (κ3) is 6.19. The van der Waals surface area contributed by atoms with Crippen LogP contribution in [-0.4, -0.2) is 82.3 Å². The molecule has 6 rings (SSSR count). The zero-order chi connectivity index (χ0) is 31.4. The van der Waals surface area contributed by atoms with Crippen molar-refractivity contribution in [1.82, 2.24) is 14.9 Å². The van der Waals surface area contributed by atoms with E-state index in [0.29, 0.717) is 49.0 Å². The standard InChI is InChI=1S/C31H35ClF3N5O4/c1-30(2,3)44-29(42)40-19-14-25(41)24(40)17-39(15-19)27-20-10-12-38(23-9-5-7-18-6-4-8-21(32)26(18)23)16-22(20)36-28(37-27)43-13-11-31(33,34)35/h4-9,19,24-25,41H,10-17H2,1-3H3/t19-,24?,25-/m1/s1. The molecule has 9 nitrogen and oxygen atoms in total. The molecule has 0 radical (unpaired) electrons. The first kappa shape index (κ1) is 30.5. The van der Waals surface area contributed by atoms with E-state index in [4.69, 9.17) is 21.1 Å². The Morgan fingerprint density at radius 1 is 1.09 bits per heavy atom. The zero-order valence-electron chi connectivity index (χ0n) is 24.8. The van der Waals surface area contributed by atoms with Crippen LogP contribution in [0.25, 0.3) is 10.8 Å². The Bertz CT molecular complexity index is 1560. The molecule has 1 N–H and O–H groups in total. The van der Waals surface area contributed by atoms with Crippen molar-refractivity contribution >= 4 is 40.0 Å². The van der Waals surface area contributed by atoms with Crippen LogP contribution < -0.4 is 14.5 Å². The molecule has 44 heavy (non-hydrogen) atoms. The lowest BCUT2D eigenvalue weighted by Crippen LogP contribution is -2.58. The SMILES string of the molecule is CC(C)(C)OC(=O)N1C2CN(c3nc(OCCC(F)(F)F)nc4c3CCN(c3cccc5cccc(Cl)c35)C4)C[C@H]1C[C@H]2O. The normalized spacial score (nSPS) is 21.9. The molecule has 3 aliphatic heterocycles. The number of ether oxygens (including phenoxy) is 2. The van der Waals surface area contributed by atoms with Gasteiger partial charge in [-0.05, 0) is 51.1 Å². The molecule has 2 fully saturated rings. The summed E-state index contributed by atoms with van der Waals surface area (Å²) < 4.78 is 49.9. The Morgan fingerprint density at radius 2 is 1.84 bits per heavy atom. The number of hydrogen-bond donors (Lipinski definition) is 1. The number of hydrogen-bond acceptors (Lipinski definition) is 8. The Morgan fingerprint density at radius 3 is 2.55 bits per heavy atom. The fourth-order valence-corrected chi connectivity index (χ4v) is 6.70. The number of benzene rings is 2. The molecular formula is C31H35ClF3N5O4. The lowest BCUT2D eigenvalue weighted by atomic mass is 10.0. The second-order valence-corrected chi connectivity index (χ2v) is 13.0. The molecule has 1 amide bonds. The third-order valence-corrected chi connectivity index (χ3v) is 8.58. The summed E-state index contributed by atoms with van der Waals surface area (Å²) in [6.07, 6.45) is -5.78. The van der Waals surface area contributed by atoms with Gasteiger partial charge in [0.25, 0.3) is 0 Å². The number of aliphatic hydroxyl groups excluding tert-OH is 1. The number of amides is 1. The molecule has 3 atom stereocenters. The summed E-state index contributed by atoms with van der Waals surface area (Å²) >= 11 is 6.61. The quantitative estimate of drug-likeness (QED) is 0.381. The molecule has 0 aliphatic carbocycles. The number of carbonyl (C=O) groups excluding carboxylic acids is 1. The molecule has 0 saturated carbocycles. The van der Waals surface area contributed by atoms with E-state index in [1.807, 2.05) is 41.3 Å². The van der Waals surface area contributed by atoms with E-state index >= 15 is 0 Å². The van der Waals surface area contributed by atoms with E-state index in [0.717, 1.165) is 22.0 Å². The molecule has 1 aromatic heterocycles. The molecular weight excluding hydrogens is 599 g/mol. The van der Waals surface area contributed by atoms with Crippen molar-refractivity contribution < 1.29 is 32.5 Å². The van der Waals surface area contributed by atoms with Gasteiger partial charge in [0.2, 0.25) is 0 Å². The number of fused-ring (bicyclic) bond motifs is 4. The molecule has 13 heteroatoms. The van der Waals surface area contributed by atoms with Gasteiger partial charge >= 0.3 is 18.3 Å². The number of rotatable bonds is 5. The molecule has 236 valence electrons. The minimum Gasteiger partial charge on any atom is -0.463 e. The van der Waals surface area contributed by atoms with Crippen molar-refractivity contribution in [2.45, 2.75) is 76.5 Å². The molecule has 0 spiro atoms. The predicted octanol–water partition coefficient (Wildman–Crippen LogP) is 5.74. The Hall–Kier alpha value is -3.51. The molecule has 3 aliphatic rings. The van der Waals surface area contributed by atoms with Crippen molar-refractivity contribution in [3.8, 4) is 6.01 Å². The van der Waals surface area contributed by atoms with Gasteiger partial charge in [0.1, 0.15) is 18.0 Å². The van der Waals surface area contributed by atoms with E-state index in [2.05, 4.69) is 14.9 Å². The number of halogens is 4. The van der Waals surface area contributed by atoms with Crippen LogP contribution in [0.15, 0.2) is 36.4 Å². The smallest absolute Gasteiger partial charge is 0.411 e. The number of carbonyl (C=O) groups is 1. The number of aromatic nitrogens is 2. The van der Waals surface area contributed by atoms with Crippen molar-refractivity contribution in [2.24, 2.45) is 0 Å². The van der Waals surface area contributed by atoms with Gasteiger partial charge in [-0.15, -0.1) is 0 Å². The summed E-state index contributed by atoms with van der Waals surface area (Å²) in [6.45, 7) is 6.44. The topological polar surface area (TPSA) is 91.3 Å². The van der Waals surface area contributed by atoms with Gasteiger partial charge in [-0.1, -0.05) is 35.9 Å². The van der Waals surface area contributed by atoms with Gasteiger partial charge in [-0.3, -0.25) is 4.90 Å². The van der Waals surface area contributed by atoms with Gasteiger partial charge in [0.15, 0.2) is 0 Å². The van der Waals surface area contributed by atoms with E-state index in [1.54, 1.807) is 25.7 Å². The first-order chi connectivity index (χ1) is 20.8. The molecule has 3 aromatic rings. The molecule has 4 heterocycles. The number of piperazine rings is 1. The van der Waals surface area contributed by atoms with E-state index in [1.165, 1.54) is 0 Å². The summed E-state index contributed by atoms with van der Waals surface area (Å²) in [5.74, 6) is 0.556. The van der Waals surface area contributed by atoms with Crippen LogP contribution in [0.5, 0.6) is 6.01 Å². The second kappa shape index (κ2) is 11.4. The highest BCUT2D eigenvalue weighted by molar-refractivity contribution is 6.36. The minimum absolute atomic E-state index is 0.136. The van der Waals surface area contributed by atoms with Gasteiger partial charge in [0, 0.05) is 36.3 Å². The maximum atomic E-state index is 13.1. The largest absolute Gasteiger partial charge is 0.463 e. The van der Waals surface area contributed by atoms with Crippen LogP contribution in [0.1, 0.15) is 44.9 Å². The first-order valence-corrected chi connectivity index (χ1v) is 15.1. The van der Waals surface area contributed by atoms with Crippen LogP contribution in [0.4, 0.5) is 29.5 Å². The number of nitrogens with zero attached hydrogens (tertiary/aromatic N) is 5. The van der Waals surface area contributed by atoms with E-state index < -0.39 is 43.0 Å². The van der Waals surface area contributed by atoms with Gasteiger partial charge in [-0.25, -0.2) is 4.79 Å². The van der Waals surface area contributed by atoms with E-state index in [9.17, 15) is 23.1 Å². The summed E-state index contributed by atoms with van der Waals surface area (Å²) in [5.41, 5.74) is 1.77. The van der Waals surface area contributed by atoms with Gasteiger partial charge in [0.05, 0.1) is 41.9 Å². The van der Waals surface area contributed by atoms with Crippen molar-refractivity contribution in [2.75, 3.05) is 36.0 Å². The van der Waals surface area contributed by atoms with E-state index in [-0.39, 0.29) is 18.6 Å². The summed E-state index contributed by atoms with van der Waals surface area (Å²) in [4.78, 5) is 28.0. The minimum atomic E-state index is -4.38. The lowest BCUT2D eigenvalue weighted by molar-refractivity contribution is -0.139. The number of aliphatic hydroxyl groups is 1. The van der Waals surface area contributed by atoms with Crippen LogP contribution >= 0.6 is 11.6 Å². The highest BCUT2D eigenvalue weighted by Gasteiger charge is 2.50. The average molecular weight is 634 g/mol. The van der Waals surface area contributed by atoms with Crippen molar-refractivity contribution in [1.29, 1.82) is 0 Å². The second-order valence-electron chi connectivity index (χ2n) is 12.6. The number of anilines is 2. The van der Waals surface area contributed by atoms with Crippen LogP contribution in [-0.2, 0) is 17.7 Å². The van der Waals surface area contributed by atoms with Crippen LogP contribution in [0, 0.1) is 0 Å². The Kier molecular flexibility index (Phi) is 7.94. The summed E-state index contributed by atoms with van der Waals surface area (Å²) in [6, 6.07) is 10.7. The highest BCUT2D eigenvalue weighted by Crippen LogP contribution is 2.39. The molecule has 1 unspecified atom stereocenters. The molecule has 2 saturated heterocycles. The Labute approximate surface area is 258 Å². The lowest BCUT2D eigenvalue weighted by Gasteiger charge is -2.43. The van der Waals surface area contributed by atoms with Gasteiger partial charge < -0.3 is 24.4 Å². The molecule has 2 bridgehead atoms. The average Bonchev–Trinajstić information content (AvgIpc) is 3.14. The Balaban J connectivity index is 1.32. The maximum absolute atomic E-state index is 13.1. The third-order valence-electron chi connectivity index (χ3n) is 8.26. The molecule has 2 aromatic carbocycles. The summed E-state index contributed by atoms with van der Waals surface area (Å²) in [7, 11) is 0. The first-order valence-electron chi connectivity index (χ1n) is 14.7. The predicted molar refractivity (Wildman–Crippen MR) is 160 cm³/mol. The monoisotopic (exact) mass is 633 g/mol. The fourth-order valence-electron chi connectivity index (χ4n) is 6.42. The summed E-state index contributed by atoms with van der Waals surface area (Å²) in [5, 5.41) is 13.4. The van der Waals surface area contributed by atoms with Crippen LogP contribution in [0.2, 0.25) is 5.02 Å².